The molecule has 0 unspecified atom stereocenters. The van der Waals surface area contributed by atoms with Gasteiger partial charge in [0.1, 0.15) is 23.2 Å². The second-order valence-corrected chi connectivity index (χ2v) is 5.66. The van der Waals surface area contributed by atoms with Crippen LogP contribution in [-0.2, 0) is 13.0 Å². The molecular formula is C16H22N4O. The molecule has 1 aliphatic rings. The summed E-state index contributed by atoms with van der Waals surface area (Å²) >= 11 is 0. The van der Waals surface area contributed by atoms with Gasteiger partial charge in [0.2, 0.25) is 0 Å². The van der Waals surface area contributed by atoms with E-state index in [0.29, 0.717) is 11.9 Å². The van der Waals surface area contributed by atoms with Crippen LogP contribution in [0.25, 0.3) is 0 Å². The summed E-state index contributed by atoms with van der Waals surface area (Å²) in [7, 11) is 0. The van der Waals surface area contributed by atoms with Gasteiger partial charge in [0, 0.05) is 18.0 Å². The molecule has 112 valence electrons. The third-order valence-electron chi connectivity index (χ3n) is 3.84. The highest BCUT2D eigenvalue weighted by molar-refractivity contribution is 5.57. The molecular weight excluding hydrogens is 264 g/mol. The molecule has 0 saturated heterocycles. The van der Waals surface area contributed by atoms with Gasteiger partial charge < -0.3 is 15.1 Å². The summed E-state index contributed by atoms with van der Waals surface area (Å²) in [4.78, 5) is 11.5. The number of aromatic nitrogens is 2. The standard InChI is InChI=1S/C16H22N4O/c1-3-5-14-18-15(17)11(2)16(19-14)20(12-7-8-12)10-13-6-4-9-21-13/h4,6,9,12H,3,5,7-8,10H2,1-2H3,(H2,17,18,19). The van der Waals surface area contributed by atoms with E-state index in [-0.39, 0.29) is 0 Å². The Morgan fingerprint density at radius 3 is 2.81 bits per heavy atom. The highest BCUT2D eigenvalue weighted by Gasteiger charge is 2.32. The molecule has 3 rings (SSSR count). The lowest BCUT2D eigenvalue weighted by Gasteiger charge is -2.25. The smallest absolute Gasteiger partial charge is 0.138 e. The normalized spacial score (nSPS) is 14.4. The third-order valence-corrected chi connectivity index (χ3v) is 3.84. The van der Waals surface area contributed by atoms with Gasteiger partial charge in [0.05, 0.1) is 12.8 Å². The van der Waals surface area contributed by atoms with Gasteiger partial charge >= 0.3 is 0 Å². The number of furan rings is 1. The van der Waals surface area contributed by atoms with Gasteiger partial charge in [-0.15, -0.1) is 0 Å². The van der Waals surface area contributed by atoms with Crippen LogP contribution in [0.5, 0.6) is 0 Å². The van der Waals surface area contributed by atoms with E-state index in [1.54, 1.807) is 6.26 Å². The number of nitrogen functional groups attached to an aromatic ring is 1. The maximum atomic E-state index is 6.08. The van der Waals surface area contributed by atoms with Crippen LogP contribution in [0.2, 0.25) is 0 Å². The van der Waals surface area contributed by atoms with Crippen LogP contribution in [0.4, 0.5) is 11.6 Å². The molecule has 2 heterocycles. The number of aryl methyl sites for hydroxylation is 1. The van der Waals surface area contributed by atoms with Gasteiger partial charge in [-0.25, -0.2) is 9.97 Å². The van der Waals surface area contributed by atoms with Crippen LogP contribution in [0.1, 0.15) is 43.3 Å². The van der Waals surface area contributed by atoms with Gasteiger partial charge in [-0.3, -0.25) is 0 Å². The van der Waals surface area contributed by atoms with Crippen molar-refractivity contribution in [2.45, 2.75) is 52.1 Å². The predicted molar refractivity (Wildman–Crippen MR) is 83.1 cm³/mol. The van der Waals surface area contributed by atoms with Crippen LogP contribution in [0.3, 0.4) is 0 Å². The van der Waals surface area contributed by atoms with Crippen molar-refractivity contribution in [1.82, 2.24) is 9.97 Å². The van der Waals surface area contributed by atoms with E-state index in [4.69, 9.17) is 15.1 Å². The first-order valence-corrected chi connectivity index (χ1v) is 7.61. The van der Waals surface area contributed by atoms with Crippen LogP contribution in [-0.4, -0.2) is 16.0 Å². The Kier molecular flexibility index (Phi) is 3.82. The molecule has 2 N–H and O–H groups in total. The van der Waals surface area contributed by atoms with Crippen molar-refractivity contribution < 1.29 is 4.42 Å². The van der Waals surface area contributed by atoms with Crippen LogP contribution in [0.15, 0.2) is 22.8 Å². The summed E-state index contributed by atoms with van der Waals surface area (Å²) in [5, 5.41) is 0. The Morgan fingerprint density at radius 2 is 2.19 bits per heavy atom. The molecule has 2 aromatic rings. The van der Waals surface area contributed by atoms with Crippen molar-refractivity contribution >= 4 is 11.6 Å². The molecule has 21 heavy (non-hydrogen) atoms. The molecule has 1 saturated carbocycles. The summed E-state index contributed by atoms with van der Waals surface area (Å²) in [5.41, 5.74) is 7.05. The summed E-state index contributed by atoms with van der Waals surface area (Å²) in [5.74, 6) is 3.34. The molecule has 1 fully saturated rings. The molecule has 5 nitrogen and oxygen atoms in total. The van der Waals surface area contributed by atoms with Crippen molar-refractivity contribution in [1.29, 1.82) is 0 Å². The average Bonchev–Trinajstić information content (AvgIpc) is 3.18. The van der Waals surface area contributed by atoms with E-state index >= 15 is 0 Å². The van der Waals surface area contributed by atoms with E-state index in [2.05, 4.69) is 16.8 Å². The summed E-state index contributed by atoms with van der Waals surface area (Å²) < 4.78 is 5.49. The SMILES string of the molecule is CCCc1nc(N)c(C)c(N(Cc2ccco2)C2CC2)n1. The molecule has 0 amide bonds. The highest BCUT2D eigenvalue weighted by atomic mass is 16.3. The summed E-state index contributed by atoms with van der Waals surface area (Å²) in [6, 6.07) is 4.46. The van der Waals surface area contributed by atoms with Gasteiger partial charge in [-0.05, 0) is 38.3 Å². The molecule has 5 heteroatoms. The Labute approximate surface area is 125 Å². The average molecular weight is 286 g/mol. The van der Waals surface area contributed by atoms with E-state index < -0.39 is 0 Å². The maximum Gasteiger partial charge on any atom is 0.138 e. The predicted octanol–water partition coefficient (Wildman–Crippen LogP) is 3.08. The van der Waals surface area contributed by atoms with Crippen molar-refractivity contribution in [3.05, 3.63) is 35.5 Å². The number of anilines is 2. The second kappa shape index (κ2) is 5.76. The van der Waals surface area contributed by atoms with Crippen molar-refractivity contribution in [3.8, 4) is 0 Å². The van der Waals surface area contributed by atoms with Crippen molar-refractivity contribution in [2.75, 3.05) is 10.6 Å². The number of rotatable bonds is 6. The minimum absolute atomic E-state index is 0.539. The van der Waals surface area contributed by atoms with Crippen molar-refractivity contribution in [2.24, 2.45) is 0 Å². The second-order valence-electron chi connectivity index (χ2n) is 5.66. The first-order valence-electron chi connectivity index (χ1n) is 7.61. The molecule has 0 aromatic carbocycles. The fourth-order valence-corrected chi connectivity index (χ4v) is 2.52. The largest absolute Gasteiger partial charge is 0.467 e. The van der Waals surface area contributed by atoms with Crippen LogP contribution < -0.4 is 10.6 Å². The Balaban J connectivity index is 1.94. The number of hydrogen-bond acceptors (Lipinski definition) is 5. The first-order chi connectivity index (χ1) is 10.2. The topological polar surface area (TPSA) is 68.2 Å². The van der Waals surface area contributed by atoms with Gasteiger partial charge in [0.25, 0.3) is 0 Å². The Morgan fingerprint density at radius 1 is 1.38 bits per heavy atom. The lowest BCUT2D eigenvalue weighted by molar-refractivity contribution is 0.499. The minimum Gasteiger partial charge on any atom is -0.467 e. The van der Waals surface area contributed by atoms with Gasteiger partial charge in [-0.1, -0.05) is 6.92 Å². The Hall–Kier alpha value is -2.04. The lowest BCUT2D eigenvalue weighted by Crippen LogP contribution is -2.27. The zero-order valence-electron chi connectivity index (χ0n) is 12.7. The summed E-state index contributed by atoms with van der Waals surface area (Å²) in [6.07, 6.45) is 5.99. The number of nitrogens with two attached hydrogens (primary N) is 1. The molecule has 0 aliphatic heterocycles. The molecule has 2 aromatic heterocycles. The first kappa shape index (κ1) is 13.9. The summed E-state index contributed by atoms with van der Waals surface area (Å²) in [6.45, 7) is 4.86. The Bertz CT molecular complexity index is 605. The zero-order chi connectivity index (χ0) is 14.8. The fourth-order valence-electron chi connectivity index (χ4n) is 2.52. The number of hydrogen-bond donors (Lipinski definition) is 1. The maximum absolute atomic E-state index is 6.08. The molecule has 0 bridgehead atoms. The lowest BCUT2D eigenvalue weighted by atomic mass is 10.2. The monoisotopic (exact) mass is 286 g/mol. The minimum atomic E-state index is 0.539. The van der Waals surface area contributed by atoms with E-state index in [9.17, 15) is 0 Å². The molecule has 0 atom stereocenters. The quantitative estimate of drug-likeness (QED) is 0.883. The number of nitrogens with zero attached hydrogens (tertiary/aromatic N) is 3. The molecule has 1 aliphatic carbocycles. The van der Waals surface area contributed by atoms with Gasteiger partial charge in [0.15, 0.2) is 0 Å². The zero-order valence-corrected chi connectivity index (χ0v) is 12.7. The third kappa shape index (κ3) is 3.01. The van der Waals surface area contributed by atoms with Crippen LogP contribution in [0, 0.1) is 6.92 Å². The van der Waals surface area contributed by atoms with Crippen molar-refractivity contribution in [3.63, 3.8) is 0 Å². The van der Waals surface area contributed by atoms with E-state index in [0.717, 1.165) is 42.4 Å². The molecule has 0 spiro atoms. The van der Waals surface area contributed by atoms with E-state index in [1.807, 2.05) is 19.1 Å². The van der Waals surface area contributed by atoms with Gasteiger partial charge in [-0.2, -0.15) is 0 Å². The fraction of sp³-hybridized carbons (Fsp3) is 0.500. The van der Waals surface area contributed by atoms with E-state index in [1.165, 1.54) is 12.8 Å². The van der Waals surface area contributed by atoms with Crippen LogP contribution >= 0.6 is 0 Å². The molecule has 0 radical (unpaired) electrons. The highest BCUT2D eigenvalue weighted by Crippen LogP contribution is 2.35.